The topological polar surface area (TPSA) is 29.4 Å². The molecule has 0 spiro atoms. The summed E-state index contributed by atoms with van der Waals surface area (Å²) in [6.45, 7) is -5.14. The third kappa shape index (κ3) is 1.64. The first-order valence-electron chi connectivity index (χ1n) is 4.32. The van der Waals surface area contributed by atoms with Gasteiger partial charge in [-0.1, -0.05) is 12.1 Å². The van der Waals surface area contributed by atoms with Gasteiger partial charge in [0.2, 0.25) is 0 Å². The minimum Gasteiger partial charge on any atom is -0.445 e. The normalized spacial score (nSPS) is 24.8. The summed E-state index contributed by atoms with van der Waals surface area (Å²) in [5.41, 5.74) is -0.583. The number of nitrogens with zero attached hydrogens (tertiary/aromatic N) is 1. The van der Waals surface area contributed by atoms with E-state index in [0.717, 1.165) is 6.07 Å². The van der Waals surface area contributed by atoms with Gasteiger partial charge in [-0.2, -0.15) is 0 Å². The number of rotatable bonds is 1. The third-order valence-corrected chi connectivity index (χ3v) is 4.22. The third-order valence-electron chi connectivity index (χ3n) is 2.40. The molecule has 0 saturated carbocycles. The highest BCUT2D eigenvalue weighted by molar-refractivity contribution is 7.93. The molecule has 0 bridgehead atoms. The molecule has 1 heterocycles. The summed E-state index contributed by atoms with van der Waals surface area (Å²) in [7, 11) is -2.60. The summed E-state index contributed by atoms with van der Waals surface area (Å²) in [4.78, 5) is 0.235. The zero-order valence-electron chi connectivity index (χ0n) is 7.91. The van der Waals surface area contributed by atoms with Gasteiger partial charge in [0.25, 0.3) is 0 Å². The molecule has 1 aliphatic heterocycles. The monoisotopic (exact) mass is 234 g/mol. The lowest BCUT2D eigenvalue weighted by Crippen LogP contribution is -2.37. The van der Waals surface area contributed by atoms with Gasteiger partial charge in [0, 0.05) is 11.2 Å². The van der Waals surface area contributed by atoms with Gasteiger partial charge in [-0.15, -0.1) is 5.46 Å². The van der Waals surface area contributed by atoms with Crippen LogP contribution in [0, 0.1) is 0 Å². The lowest BCUT2D eigenvalue weighted by molar-refractivity contribution is 0.500. The van der Waals surface area contributed by atoms with Gasteiger partial charge in [-0.3, -0.25) is 0 Å². The van der Waals surface area contributed by atoms with Gasteiger partial charge < -0.3 is 12.9 Å². The van der Waals surface area contributed by atoms with Gasteiger partial charge in [0.15, 0.2) is 0 Å². The molecule has 15 heavy (non-hydrogen) atoms. The number of hydrogen-bond acceptors (Lipinski definition) is 2. The first kappa shape index (κ1) is 10.5. The average Bonchev–Trinajstić information content (AvgIpc) is 2.41. The van der Waals surface area contributed by atoms with Crippen LogP contribution in [0.4, 0.5) is 12.9 Å². The first-order chi connectivity index (χ1) is 6.82. The van der Waals surface area contributed by atoms with Crippen molar-refractivity contribution in [3.63, 3.8) is 0 Å². The van der Waals surface area contributed by atoms with E-state index in [2.05, 4.69) is 4.36 Å². The highest BCUT2D eigenvalue weighted by Gasteiger charge is 2.32. The molecule has 0 N–H and O–H groups in total. The van der Waals surface area contributed by atoms with Gasteiger partial charge in [0.05, 0.1) is 16.3 Å². The molecule has 0 radical (unpaired) electrons. The van der Waals surface area contributed by atoms with Gasteiger partial charge in [0.1, 0.15) is 0 Å². The standard InChI is InChI=1S/C8H8BF3NOS/c1-15(14)8-4-2-3-7(9(10,11)12)6(8)5-13-15/h2-4H,5H2,1H3/q-1. The van der Waals surface area contributed by atoms with Crippen LogP contribution in [0.2, 0.25) is 0 Å². The molecule has 0 aliphatic carbocycles. The molecule has 82 valence electrons. The van der Waals surface area contributed by atoms with E-state index < -0.39 is 22.2 Å². The van der Waals surface area contributed by atoms with E-state index in [-0.39, 0.29) is 17.0 Å². The van der Waals surface area contributed by atoms with Crippen molar-refractivity contribution in [2.45, 2.75) is 11.4 Å². The van der Waals surface area contributed by atoms with Crippen molar-refractivity contribution in [1.29, 1.82) is 0 Å². The van der Waals surface area contributed by atoms with Crippen LogP contribution in [-0.4, -0.2) is 17.4 Å². The highest BCUT2D eigenvalue weighted by atomic mass is 32.2. The summed E-state index contributed by atoms with van der Waals surface area (Å²) >= 11 is 0. The van der Waals surface area contributed by atoms with Gasteiger partial charge in [-0.05, 0) is 11.6 Å². The molecular formula is C8H8BF3NOS-. The number of fused-ring (bicyclic) bond motifs is 1. The van der Waals surface area contributed by atoms with Crippen molar-refractivity contribution in [2.75, 3.05) is 6.26 Å². The van der Waals surface area contributed by atoms with E-state index in [4.69, 9.17) is 0 Å². The van der Waals surface area contributed by atoms with Crippen molar-refractivity contribution in [3.05, 3.63) is 23.8 Å². The van der Waals surface area contributed by atoms with E-state index in [1.807, 2.05) is 0 Å². The fourth-order valence-corrected chi connectivity index (χ4v) is 3.16. The first-order valence-corrected chi connectivity index (χ1v) is 6.24. The van der Waals surface area contributed by atoms with Crippen molar-refractivity contribution in [1.82, 2.24) is 0 Å². The fraction of sp³-hybridized carbons (Fsp3) is 0.250. The molecule has 0 saturated heterocycles. The molecule has 1 atom stereocenters. The fourth-order valence-electron chi connectivity index (χ4n) is 1.67. The Kier molecular flexibility index (Phi) is 2.11. The van der Waals surface area contributed by atoms with Crippen LogP contribution in [0.25, 0.3) is 0 Å². The lowest BCUT2D eigenvalue weighted by Gasteiger charge is -2.18. The second-order valence-corrected chi connectivity index (χ2v) is 5.79. The quantitative estimate of drug-likeness (QED) is 0.680. The van der Waals surface area contributed by atoms with E-state index in [0.29, 0.717) is 0 Å². The molecule has 2 nitrogen and oxygen atoms in total. The Morgan fingerprint density at radius 2 is 2.07 bits per heavy atom. The Morgan fingerprint density at radius 1 is 1.40 bits per heavy atom. The van der Waals surface area contributed by atoms with Gasteiger partial charge >= 0.3 is 6.98 Å². The minimum atomic E-state index is -5.05. The maximum Gasteiger partial charge on any atom is 0.510 e. The largest absolute Gasteiger partial charge is 0.510 e. The van der Waals surface area contributed by atoms with Crippen LogP contribution >= 0.6 is 0 Å². The van der Waals surface area contributed by atoms with E-state index in [1.54, 1.807) is 0 Å². The molecule has 1 aromatic carbocycles. The average molecular weight is 234 g/mol. The van der Waals surface area contributed by atoms with Crippen molar-refractivity contribution in [2.24, 2.45) is 4.36 Å². The predicted molar refractivity (Wildman–Crippen MR) is 53.6 cm³/mol. The second-order valence-electron chi connectivity index (χ2n) is 3.49. The molecule has 1 aromatic rings. The molecule has 1 unspecified atom stereocenters. The van der Waals surface area contributed by atoms with E-state index in [1.165, 1.54) is 18.4 Å². The Balaban J connectivity index is 2.69. The summed E-state index contributed by atoms with van der Waals surface area (Å²) < 4.78 is 53.4. The number of halogens is 3. The highest BCUT2D eigenvalue weighted by Crippen LogP contribution is 2.26. The summed E-state index contributed by atoms with van der Waals surface area (Å²) in [5.74, 6) is 0. The zero-order valence-corrected chi connectivity index (χ0v) is 8.73. The molecule has 0 aromatic heterocycles. The van der Waals surface area contributed by atoms with E-state index >= 15 is 0 Å². The van der Waals surface area contributed by atoms with Crippen LogP contribution in [0.15, 0.2) is 27.5 Å². The maximum atomic E-state index is 12.6. The van der Waals surface area contributed by atoms with Crippen LogP contribution < -0.4 is 5.46 Å². The number of hydrogen-bond donors (Lipinski definition) is 0. The SMILES string of the molecule is CS1(=O)=NCc2c([B-](F)(F)F)cccc21. The van der Waals surface area contributed by atoms with Crippen LogP contribution in [0.5, 0.6) is 0 Å². The Morgan fingerprint density at radius 3 is 2.67 bits per heavy atom. The molecule has 0 fully saturated rings. The Labute approximate surface area is 85.7 Å². The van der Waals surface area contributed by atoms with Crippen molar-refractivity contribution < 1.29 is 17.2 Å². The Bertz CT molecular complexity index is 531. The lowest BCUT2D eigenvalue weighted by atomic mass is 9.77. The van der Waals surface area contributed by atoms with Crippen LogP contribution in [0.3, 0.4) is 0 Å². The summed E-state index contributed by atoms with van der Waals surface area (Å²) in [6, 6.07) is 3.77. The smallest absolute Gasteiger partial charge is 0.445 e. The summed E-state index contributed by atoms with van der Waals surface area (Å²) in [5, 5.41) is 0. The zero-order chi connectivity index (χ0) is 11.3. The van der Waals surface area contributed by atoms with Crippen LogP contribution in [0.1, 0.15) is 5.56 Å². The molecule has 2 rings (SSSR count). The Hall–Kier alpha value is -0.975. The molecule has 7 heteroatoms. The van der Waals surface area contributed by atoms with E-state index in [9.17, 15) is 17.2 Å². The second kappa shape index (κ2) is 3.01. The van der Waals surface area contributed by atoms with Crippen molar-refractivity contribution >= 4 is 22.2 Å². The predicted octanol–water partition coefficient (Wildman–Crippen LogP) is 1.71. The number of benzene rings is 1. The molecule has 1 aliphatic rings. The molecular weight excluding hydrogens is 226 g/mol. The van der Waals surface area contributed by atoms with Crippen molar-refractivity contribution in [3.8, 4) is 0 Å². The minimum absolute atomic E-state index is 0.0810. The maximum absolute atomic E-state index is 12.6. The summed E-state index contributed by atoms with van der Waals surface area (Å²) in [6.07, 6.45) is 1.37. The van der Waals surface area contributed by atoms with Gasteiger partial charge in [-0.25, -0.2) is 8.57 Å². The van der Waals surface area contributed by atoms with Crippen LogP contribution in [-0.2, 0) is 16.3 Å². The molecule has 0 amide bonds.